The molecule has 0 aliphatic carbocycles. The number of aliphatic carboxylic acids is 1. The number of benzene rings is 1. The lowest BCUT2D eigenvalue weighted by atomic mass is 10.3. The molecule has 6 heteroatoms. The number of aromatic nitrogens is 1. The molecule has 1 aromatic carbocycles. The summed E-state index contributed by atoms with van der Waals surface area (Å²) in [5.41, 5.74) is 0.654. The largest absolute Gasteiger partial charge is 0.480 e. The second-order valence-corrected chi connectivity index (χ2v) is 4.75. The fourth-order valence-electron chi connectivity index (χ4n) is 1.34. The molecule has 0 saturated heterocycles. The molecule has 1 heterocycles. The zero-order valence-electron chi connectivity index (χ0n) is 7.44. The van der Waals surface area contributed by atoms with Crippen LogP contribution in [0.25, 0.3) is 10.2 Å². The number of hydrogen-bond donors (Lipinski definition) is 1. The van der Waals surface area contributed by atoms with E-state index in [1.54, 1.807) is 12.1 Å². The number of thiazole rings is 1. The van der Waals surface area contributed by atoms with Crippen molar-refractivity contribution in [2.75, 3.05) is 0 Å². The predicted octanol–water partition coefficient (Wildman–Crippen LogP) is 1.91. The summed E-state index contributed by atoms with van der Waals surface area (Å²) in [6.45, 7) is -0.296. The minimum absolute atomic E-state index is 0.251. The Labute approximate surface area is 96.9 Å². The van der Waals surface area contributed by atoms with Gasteiger partial charge in [-0.1, -0.05) is 17.4 Å². The zero-order chi connectivity index (χ0) is 11.0. The Morgan fingerprint density at radius 3 is 2.93 bits per heavy atom. The van der Waals surface area contributed by atoms with E-state index in [0.717, 1.165) is 20.5 Å². The molecule has 0 saturated carbocycles. The SMILES string of the molecule is O=C(O)Cn1c(=O)sc2c(Br)cccc21. The first-order valence-corrected chi connectivity index (χ1v) is 5.70. The van der Waals surface area contributed by atoms with E-state index in [1.807, 2.05) is 6.07 Å². The third-order valence-electron chi connectivity index (χ3n) is 1.94. The third-order valence-corrected chi connectivity index (χ3v) is 3.89. The Hall–Kier alpha value is -1.14. The van der Waals surface area contributed by atoms with E-state index in [2.05, 4.69) is 15.9 Å². The van der Waals surface area contributed by atoms with Crippen molar-refractivity contribution >= 4 is 43.5 Å². The first kappa shape index (κ1) is 10.4. The van der Waals surface area contributed by atoms with Crippen LogP contribution in [0.1, 0.15) is 0 Å². The highest BCUT2D eigenvalue weighted by Crippen LogP contribution is 2.25. The minimum atomic E-state index is -1.02. The van der Waals surface area contributed by atoms with Gasteiger partial charge in [0, 0.05) is 4.47 Å². The molecule has 0 atom stereocenters. The molecule has 0 fully saturated rings. The average molecular weight is 288 g/mol. The maximum Gasteiger partial charge on any atom is 0.323 e. The van der Waals surface area contributed by atoms with Crippen LogP contribution >= 0.6 is 27.3 Å². The Morgan fingerprint density at radius 1 is 1.53 bits per heavy atom. The van der Waals surface area contributed by atoms with Gasteiger partial charge in [0.25, 0.3) is 0 Å². The van der Waals surface area contributed by atoms with Gasteiger partial charge in [0.05, 0.1) is 10.2 Å². The lowest BCUT2D eigenvalue weighted by molar-refractivity contribution is -0.137. The quantitative estimate of drug-likeness (QED) is 0.918. The van der Waals surface area contributed by atoms with Crippen molar-refractivity contribution in [3.8, 4) is 0 Å². The summed E-state index contributed by atoms with van der Waals surface area (Å²) < 4.78 is 2.85. The van der Waals surface area contributed by atoms with E-state index in [-0.39, 0.29) is 11.4 Å². The van der Waals surface area contributed by atoms with Crippen LogP contribution in [-0.4, -0.2) is 15.6 Å². The van der Waals surface area contributed by atoms with Gasteiger partial charge in [-0.15, -0.1) is 0 Å². The fourth-order valence-corrected chi connectivity index (χ4v) is 2.83. The molecule has 1 N–H and O–H groups in total. The molecule has 2 rings (SSSR count). The fraction of sp³-hybridized carbons (Fsp3) is 0.111. The van der Waals surface area contributed by atoms with E-state index in [9.17, 15) is 9.59 Å². The molecule has 0 bridgehead atoms. The number of rotatable bonds is 2. The highest BCUT2D eigenvalue weighted by Gasteiger charge is 2.11. The van der Waals surface area contributed by atoms with Crippen LogP contribution in [0, 0.1) is 0 Å². The summed E-state index contributed by atoms with van der Waals surface area (Å²) in [6, 6.07) is 5.33. The molecule has 0 spiro atoms. The van der Waals surface area contributed by atoms with E-state index >= 15 is 0 Å². The Morgan fingerprint density at radius 2 is 2.27 bits per heavy atom. The normalized spacial score (nSPS) is 10.7. The van der Waals surface area contributed by atoms with E-state index < -0.39 is 5.97 Å². The van der Waals surface area contributed by atoms with Crippen LogP contribution in [0.5, 0.6) is 0 Å². The van der Waals surface area contributed by atoms with Crippen LogP contribution in [0.4, 0.5) is 0 Å². The monoisotopic (exact) mass is 287 g/mol. The number of nitrogens with zero attached hydrogens (tertiary/aromatic N) is 1. The summed E-state index contributed by atoms with van der Waals surface area (Å²) in [7, 11) is 0. The molecule has 0 amide bonds. The van der Waals surface area contributed by atoms with Gasteiger partial charge in [-0.2, -0.15) is 0 Å². The van der Waals surface area contributed by atoms with Crippen LogP contribution in [-0.2, 0) is 11.3 Å². The van der Waals surface area contributed by atoms with Crippen LogP contribution in [0.15, 0.2) is 27.5 Å². The summed E-state index contributed by atoms with van der Waals surface area (Å²) >= 11 is 4.37. The second-order valence-electron chi connectivity index (χ2n) is 2.94. The summed E-state index contributed by atoms with van der Waals surface area (Å²) in [6.07, 6.45) is 0. The molecule has 2 aromatic rings. The predicted molar refractivity (Wildman–Crippen MR) is 61.4 cm³/mol. The van der Waals surface area contributed by atoms with Crippen LogP contribution < -0.4 is 4.87 Å². The van der Waals surface area contributed by atoms with Crippen molar-refractivity contribution < 1.29 is 9.90 Å². The second kappa shape index (κ2) is 3.79. The van der Waals surface area contributed by atoms with Gasteiger partial charge in [-0.05, 0) is 28.1 Å². The zero-order valence-corrected chi connectivity index (χ0v) is 9.84. The average Bonchev–Trinajstić information content (AvgIpc) is 2.45. The van der Waals surface area contributed by atoms with Crippen molar-refractivity contribution in [1.82, 2.24) is 4.57 Å². The number of fused-ring (bicyclic) bond motifs is 1. The van der Waals surface area contributed by atoms with Crippen molar-refractivity contribution in [3.05, 3.63) is 32.3 Å². The molecular weight excluding hydrogens is 282 g/mol. The number of halogens is 1. The summed E-state index contributed by atoms with van der Waals surface area (Å²) in [4.78, 5) is 21.9. The lowest BCUT2D eigenvalue weighted by Crippen LogP contribution is -2.18. The van der Waals surface area contributed by atoms with Gasteiger partial charge < -0.3 is 5.11 Å². The van der Waals surface area contributed by atoms with Gasteiger partial charge in [0.15, 0.2) is 0 Å². The van der Waals surface area contributed by atoms with E-state index in [0.29, 0.717) is 5.52 Å². The first-order chi connectivity index (χ1) is 7.09. The topological polar surface area (TPSA) is 59.3 Å². The summed E-state index contributed by atoms with van der Waals surface area (Å²) in [5.74, 6) is -1.02. The smallest absolute Gasteiger partial charge is 0.323 e. The molecule has 0 radical (unpaired) electrons. The highest BCUT2D eigenvalue weighted by molar-refractivity contribution is 9.10. The maximum atomic E-state index is 11.5. The van der Waals surface area contributed by atoms with Crippen molar-refractivity contribution in [2.24, 2.45) is 0 Å². The maximum absolute atomic E-state index is 11.5. The third kappa shape index (κ3) is 1.82. The molecule has 0 unspecified atom stereocenters. The van der Waals surface area contributed by atoms with Gasteiger partial charge in [0.1, 0.15) is 6.54 Å². The Kier molecular flexibility index (Phi) is 2.62. The first-order valence-electron chi connectivity index (χ1n) is 4.09. The number of carbonyl (C=O) groups is 1. The summed E-state index contributed by atoms with van der Waals surface area (Å²) in [5, 5.41) is 8.67. The van der Waals surface area contributed by atoms with Gasteiger partial charge in [-0.3, -0.25) is 14.2 Å². The van der Waals surface area contributed by atoms with E-state index in [1.165, 1.54) is 4.57 Å². The molecule has 78 valence electrons. The van der Waals surface area contributed by atoms with Gasteiger partial charge in [-0.25, -0.2) is 0 Å². The van der Waals surface area contributed by atoms with Gasteiger partial charge in [0.2, 0.25) is 0 Å². The number of hydrogen-bond acceptors (Lipinski definition) is 3. The molecule has 0 aliphatic heterocycles. The molecule has 1 aromatic heterocycles. The van der Waals surface area contributed by atoms with E-state index in [4.69, 9.17) is 5.11 Å². The van der Waals surface area contributed by atoms with Crippen LogP contribution in [0.3, 0.4) is 0 Å². The molecule has 4 nitrogen and oxygen atoms in total. The minimum Gasteiger partial charge on any atom is -0.480 e. The number of carboxylic acid groups (broad SMARTS) is 1. The lowest BCUT2D eigenvalue weighted by Gasteiger charge is -1.98. The van der Waals surface area contributed by atoms with Crippen molar-refractivity contribution in [2.45, 2.75) is 6.54 Å². The number of carboxylic acids is 1. The van der Waals surface area contributed by atoms with Crippen LogP contribution in [0.2, 0.25) is 0 Å². The van der Waals surface area contributed by atoms with Crippen molar-refractivity contribution in [1.29, 1.82) is 0 Å². The molecule has 0 aliphatic rings. The highest BCUT2D eigenvalue weighted by atomic mass is 79.9. The Bertz CT molecular complexity index is 587. The van der Waals surface area contributed by atoms with Crippen molar-refractivity contribution in [3.63, 3.8) is 0 Å². The molecule has 15 heavy (non-hydrogen) atoms. The standard InChI is InChI=1S/C9H6BrNO3S/c10-5-2-1-3-6-8(5)15-9(14)11(6)4-7(12)13/h1-3H,4H2,(H,12,13). The molecular formula is C9H6BrNO3S. The Balaban J connectivity index is 2.74. The van der Waals surface area contributed by atoms with Gasteiger partial charge >= 0.3 is 10.8 Å².